The number of aromatic nitrogens is 1. The van der Waals surface area contributed by atoms with E-state index in [0.717, 1.165) is 5.56 Å². The smallest absolute Gasteiger partial charge is 0.269 e. The zero-order valence-electron chi connectivity index (χ0n) is 14.0. The number of rotatable bonds is 5. The fraction of sp³-hybridized carbons (Fsp3) is 0.316. The lowest BCUT2D eigenvalue weighted by Crippen LogP contribution is -2.46. The van der Waals surface area contributed by atoms with E-state index in [1.165, 1.54) is 13.1 Å². The molecule has 1 aromatic heterocycles. The van der Waals surface area contributed by atoms with Gasteiger partial charge in [-0.1, -0.05) is 30.3 Å². The monoisotopic (exact) mass is 339 g/mol. The Bertz CT molecular complexity index is 771. The second-order valence-electron chi connectivity index (χ2n) is 6.27. The molecule has 1 fully saturated rings. The van der Waals surface area contributed by atoms with Crippen LogP contribution >= 0.6 is 0 Å². The molecule has 0 unspecified atom stereocenters. The van der Waals surface area contributed by atoms with Gasteiger partial charge in [0, 0.05) is 30.8 Å². The SMILES string of the molecule is CNC(=O)c1cc(C(=O)NC2CC(O)C2)cc(Cc2ccccc2)n1. The summed E-state index contributed by atoms with van der Waals surface area (Å²) >= 11 is 0. The molecular formula is C19H21N3O3. The van der Waals surface area contributed by atoms with Crippen LogP contribution in [0.4, 0.5) is 0 Å². The lowest BCUT2D eigenvalue weighted by atomic mass is 9.89. The van der Waals surface area contributed by atoms with Crippen molar-refractivity contribution >= 4 is 11.8 Å². The van der Waals surface area contributed by atoms with Crippen LogP contribution in [0.5, 0.6) is 0 Å². The number of carbonyl (C=O) groups excluding carboxylic acids is 2. The van der Waals surface area contributed by atoms with E-state index < -0.39 is 0 Å². The number of benzene rings is 1. The van der Waals surface area contributed by atoms with Crippen molar-refractivity contribution in [2.24, 2.45) is 0 Å². The molecule has 0 aliphatic heterocycles. The summed E-state index contributed by atoms with van der Waals surface area (Å²) in [7, 11) is 1.53. The summed E-state index contributed by atoms with van der Waals surface area (Å²) in [5.74, 6) is -0.582. The molecule has 0 radical (unpaired) electrons. The second-order valence-corrected chi connectivity index (χ2v) is 6.27. The molecule has 2 amide bonds. The van der Waals surface area contributed by atoms with Gasteiger partial charge in [0.1, 0.15) is 5.69 Å². The molecule has 0 bridgehead atoms. The van der Waals surface area contributed by atoms with E-state index >= 15 is 0 Å². The second kappa shape index (κ2) is 7.44. The minimum absolute atomic E-state index is 0.0170. The number of hydrogen-bond donors (Lipinski definition) is 3. The van der Waals surface area contributed by atoms with Gasteiger partial charge in [-0.15, -0.1) is 0 Å². The zero-order chi connectivity index (χ0) is 17.8. The van der Waals surface area contributed by atoms with Crippen molar-refractivity contribution in [1.82, 2.24) is 15.6 Å². The Balaban J connectivity index is 1.84. The lowest BCUT2D eigenvalue weighted by molar-refractivity contribution is 0.0562. The lowest BCUT2D eigenvalue weighted by Gasteiger charge is -2.31. The van der Waals surface area contributed by atoms with Gasteiger partial charge in [0.15, 0.2) is 0 Å². The summed E-state index contributed by atoms with van der Waals surface area (Å²) in [6.07, 6.45) is 1.33. The number of amides is 2. The maximum Gasteiger partial charge on any atom is 0.269 e. The predicted molar refractivity (Wildman–Crippen MR) is 93.4 cm³/mol. The average Bonchev–Trinajstić information content (AvgIpc) is 2.60. The van der Waals surface area contributed by atoms with Gasteiger partial charge >= 0.3 is 0 Å². The molecule has 6 nitrogen and oxygen atoms in total. The van der Waals surface area contributed by atoms with Crippen LogP contribution in [-0.2, 0) is 6.42 Å². The fourth-order valence-corrected chi connectivity index (χ4v) is 2.83. The highest BCUT2D eigenvalue weighted by Gasteiger charge is 2.29. The Kier molecular flexibility index (Phi) is 5.09. The first-order valence-corrected chi connectivity index (χ1v) is 8.31. The van der Waals surface area contributed by atoms with Gasteiger partial charge in [-0.25, -0.2) is 4.98 Å². The summed E-state index contributed by atoms with van der Waals surface area (Å²) in [5, 5.41) is 14.8. The maximum atomic E-state index is 12.5. The van der Waals surface area contributed by atoms with E-state index in [2.05, 4.69) is 15.6 Å². The van der Waals surface area contributed by atoms with Crippen molar-refractivity contribution < 1.29 is 14.7 Å². The summed E-state index contributed by atoms with van der Waals surface area (Å²) < 4.78 is 0. The van der Waals surface area contributed by atoms with Crippen molar-refractivity contribution in [2.75, 3.05) is 7.05 Å². The molecular weight excluding hydrogens is 318 g/mol. The van der Waals surface area contributed by atoms with Gasteiger partial charge in [0.2, 0.25) is 0 Å². The summed E-state index contributed by atoms with van der Waals surface area (Å²) in [6.45, 7) is 0. The number of pyridine rings is 1. The summed E-state index contributed by atoms with van der Waals surface area (Å²) in [6, 6.07) is 13.0. The molecule has 1 saturated carbocycles. The maximum absolute atomic E-state index is 12.5. The molecule has 1 heterocycles. The van der Waals surface area contributed by atoms with E-state index in [4.69, 9.17) is 0 Å². The number of nitrogens with zero attached hydrogens (tertiary/aromatic N) is 1. The summed E-state index contributed by atoms with van der Waals surface area (Å²) in [5.41, 5.74) is 2.33. The molecule has 6 heteroatoms. The molecule has 1 aliphatic carbocycles. The molecule has 1 aliphatic rings. The van der Waals surface area contributed by atoms with E-state index in [-0.39, 0.29) is 29.7 Å². The molecule has 130 valence electrons. The Morgan fingerprint density at radius 2 is 1.88 bits per heavy atom. The number of aliphatic hydroxyl groups excluding tert-OH is 1. The minimum atomic E-state index is -0.335. The minimum Gasteiger partial charge on any atom is -0.393 e. The van der Waals surface area contributed by atoms with Crippen molar-refractivity contribution in [3.63, 3.8) is 0 Å². The van der Waals surface area contributed by atoms with E-state index in [1.54, 1.807) is 6.07 Å². The first-order valence-electron chi connectivity index (χ1n) is 8.31. The number of nitrogens with one attached hydrogen (secondary N) is 2. The fourth-order valence-electron chi connectivity index (χ4n) is 2.83. The van der Waals surface area contributed by atoms with Gasteiger partial charge in [0.05, 0.1) is 6.10 Å². The van der Waals surface area contributed by atoms with Gasteiger partial charge in [-0.3, -0.25) is 9.59 Å². The van der Waals surface area contributed by atoms with Gasteiger partial charge < -0.3 is 15.7 Å². The van der Waals surface area contributed by atoms with Crippen LogP contribution in [0.2, 0.25) is 0 Å². The highest BCUT2D eigenvalue weighted by molar-refractivity contribution is 5.98. The van der Waals surface area contributed by atoms with E-state index in [1.807, 2.05) is 30.3 Å². The molecule has 0 saturated heterocycles. The van der Waals surface area contributed by atoms with Crippen LogP contribution < -0.4 is 10.6 Å². The van der Waals surface area contributed by atoms with Gasteiger partial charge in [0.25, 0.3) is 11.8 Å². The van der Waals surface area contributed by atoms with E-state index in [9.17, 15) is 14.7 Å². The van der Waals surface area contributed by atoms with Crippen LogP contribution in [0, 0.1) is 0 Å². The predicted octanol–water partition coefficient (Wildman–Crippen LogP) is 1.29. The van der Waals surface area contributed by atoms with Crippen molar-refractivity contribution in [2.45, 2.75) is 31.4 Å². The van der Waals surface area contributed by atoms with Crippen molar-refractivity contribution in [3.05, 3.63) is 65.0 Å². The molecule has 1 aromatic carbocycles. The molecule has 2 aromatic rings. The van der Waals surface area contributed by atoms with Crippen LogP contribution in [0.3, 0.4) is 0 Å². The normalized spacial score (nSPS) is 19.0. The van der Waals surface area contributed by atoms with Crippen LogP contribution in [-0.4, -0.2) is 41.1 Å². The summed E-state index contributed by atoms with van der Waals surface area (Å²) in [4.78, 5) is 28.8. The number of carbonyl (C=O) groups is 2. The van der Waals surface area contributed by atoms with Crippen molar-refractivity contribution in [3.8, 4) is 0 Å². The van der Waals surface area contributed by atoms with Crippen molar-refractivity contribution in [1.29, 1.82) is 0 Å². The molecule has 0 atom stereocenters. The van der Waals surface area contributed by atoms with Crippen LogP contribution in [0.15, 0.2) is 42.5 Å². The Hall–Kier alpha value is -2.73. The molecule has 25 heavy (non-hydrogen) atoms. The first kappa shape index (κ1) is 17.1. The van der Waals surface area contributed by atoms with E-state index in [0.29, 0.717) is 30.5 Å². The average molecular weight is 339 g/mol. The van der Waals surface area contributed by atoms with Crippen LogP contribution in [0.25, 0.3) is 0 Å². The highest BCUT2D eigenvalue weighted by Crippen LogP contribution is 2.20. The van der Waals surface area contributed by atoms with Gasteiger partial charge in [-0.2, -0.15) is 0 Å². The Morgan fingerprint density at radius 3 is 2.52 bits per heavy atom. The molecule has 0 spiro atoms. The Labute approximate surface area is 146 Å². The first-order chi connectivity index (χ1) is 12.0. The number of hydrogen-bond acceptors (Lipinski definition) is 4. The zero-order valence-corrected chi connectivity index (χ0v) is 14.0. The third-order valence-electron chi connectivity index (χ3n) is 4.28. The topological polar surface area (TPSA) is 91.3 Å². The highest BCUT2D eigenvalue weighted by atomic mass is 16.3. The third-order valence-corrected chi connectivity index (χ3v) is 4.28. The molecule has 3 rings (SSSR count). The standard InChI is InChI=1S/C19H21N3O3/c1-20-19(25)17-9-13(18(24)22-15-10-16(23)11-15)8-14(21-17)7-12-5-3-2-4-6-12/h2-6,8-9,15-16,23H,7,10-11H2,1H3,(H,20,25)(H,22,24). The molecule has 3 N–H and O–H groups in total. The van der Waals surface area contributed by atoms with Crippen LogP contribution in [0.1, 0.15) is 44.9 Å². The van der Waals surface area contributed by atoms with Gasteiger partial charge in [-0.05, 0) is 30.5 Å². The Morgan fingerprint density at radius 1 is 1.16 bits per heavy atom. The number of aliphatic hydroxyl groups is 1. The third kappa shape index (κ3) is 4.22. The quantitative estimate of drug-likeness (QED) is 0.765. The largest absolute Gasteiger partial charge is 0.393 e.